The molecule has 3 aromatic heterocycles. The van der Waals surface area contributed by atoms with Crippen LogP contribution >= 0.6 is 34.3 Å². The van der Waals surface area contributed by atoms with Gasteiger partial charge in [0.05, 0.1) is 16.4 Å². The van der Waals surface area contributed by atoms with Crippen LogP contribution in [-0.2, 0) is 6.54 Å². The second kappa shape index (κ2) is 6.33. The van der Waals surface area contributed by atoms with Crippen molar-refractivity contribution in [3.63, 3.8) is 0 Å². The average Bonchev–Trinajstić information content (AvgIpc) is 3.21. The Morgan fingerprint density at radius 3 is 2.80 bits per heavy atom. The molecule has 3 heterocycles. The summed E-state index contributed by atoms with van der Waals surface area (Å²) in [6.45, 7) is 1.88. The molecule has 126 valence electrons. The van der Waals surface area contributed by atoms with Gasteiger partial charge in [-0.15, -0.1) is 22.7 Å². The molecular weight excluding hydrogens is 381 g/mol. The Kier molecular flexibility index (Phi) is 4.15. The van der Waals surface area contributed by atoms with Crippen LogP contribution in [0.5, 0.6) is 0 Å². The predicted octanol–water partition coefficient (Wildman–Crippen LogP) is 4.73. The molecule has 1 aromatic carbocycles. The van der Waals surface area contributed by atoms with Gasteiger partial charge >= 0.3 is 5.69 Å². The highest BCUT2D eigenvalue weighted by atomic mass is 35.5. The first-order chi connectivity index (χ1) is 12.0. The number of fused-ring (bicyclic) bond motifs is 1. The van der Waals surface area contributed by atoms with Crippen molar-refractivity contribution in [1.29, 1.82) is 0 Å². The summed E-state index contributed by atoms with van der Waals surface area (Å²) >= 11 is 9.00. The zero-order valence-electron chi connectivity index (χ0n) is 13.0. The van der Waals surface area contributed by atoms with Crippen molar-refractivity contribution in [3.8, 4) is 10.6 Å². The summed E-state index contributed by atoms with van der Waals surface area (Å²) in [4.78, 5) is 22.9. The first kappa shape index (κ1) is 16.4. The molecule has 4 aromatic rings. The summed E-state index contributed by atoms with van der Waals surface area (Å²) in [6.07, 6.45) is 0. The van der Waals surface area contributed by atoms with Gasteiger partial charge in [0.15, 0.2) is 0 Å². The van der Waals surface area contributed by atoms with E-state index in [1.54, 1.807) is 6.07 Å². The number of thiazole rings is 1. The molecule has 0 N–H and O–H groups in total. The van der Waals surface area contributed by atoms with E-state index in [1.807, 2.05) is 24.4 Å². The van der Waals surface area contributed by atoms with Gasteiger partial charge in [0.25, 0.3) is 0 Å². The van der Waals surface area contributed by atoms with E-state index < -0.39 is 11.5 Å². The number of nitrogens with zero attached hydrogens (tertiary/aromatic N) is 3. The first-order valence-electron chi connectivity index (χ1n) is 7.39. The number of hydrogen-bond donors (Lipinski definition) is 0. The van der Waals surface area contributed by atoms with Crippen LogP contribution in [0.1, 0.15) is 10.6 Å². The number of halogens is 2. The fourth-order valence-corrected chi connectivity index (χ4v) is 4.46. The summed E-state index contributed by atoms with van der Waals surface area (Å²) < 4.78 is 15.6. The van der Waals surface area contributed by atoms with Crippen LogP contribution in [-0.4, -0.2) is 14.5 Å². The van der Waals surface area contributed by atoms with Gasteiger partial charge in [0, 0.05) is 10.6 Å². The Labute approximate surface area is 155 Å². The zero-order chi connectivity index (χ0) is 17.6. The Hall–Kier alpha value is -2.09. The number of rotatable bonds is 3. The van der Waals surface area contributed by atoms with E-state index in [2.05, 4.69) is 9.97 Å². The minimum absolute atomic E-state index is 0.0141. The lowest BCUT2D eigenvalue weighted by Gasteiger charge is -2.10. The van der Waals surface area contributed by atoms with Crippen LogP contribution in [0.25, 0.3) is 20.9 Å². The van der Waals surface area contributed by atoms with E-state index in [0.29, 0.717) is 16.0 Å². The van der Waals surface area contributed by atoms with Crippen molar-refractivity contribution in [1.82, 2.24) is 14.5 Å². The maximum atomic E-state index is 14.1. The van der Waals surface area contributed by atoms with E-state index in [-0.39, 0.29) is 17.1 Å². The first-order valence-corrected chi connectivity index (χ1v) is 9.47. The molecule has 0 aliphatic carbocycles. The third kappa shape index (κ3) is 2.88. The fraction of sp³-hybridized carbons (Fsp3) is 0.118. The topological polar surface area (TPSA) is 47.8 Å². The molecule has 25 heavy (non-hydrogen) atoms. The molecule has 0 spiro atoms. The van der Waals surface area contributed by atoms with Crippen LogP contribution in [0.15, 0.2) is 40.5 Å². The number of hydrogen-bond acceptors (Lipinski definition) is 5. The fourth-order valence-electron chi connectivity index (χ4n) is 2.62. The second-order valence-electron chi connectivity index (χ2n) is 5.39. The quantitative estimate of drug-likeness (QED) is 0.507. The molecule has 0 saturated heterocycles. The molecule has 0 amide bonds. The lowest BCUT2D eigenvalue weighted by atomic mass is 10.2. The van der Waals surface area contributed by atoms with Crippen molar-refractivity contribution >= 4 is 44.6 Å². The molecular formula is C17H11ClFN3OS2. The molecule has 8 heteroatoms. The van der Waals surface area contributed by atoms with Gasteiger partial charge in [0.1, 0.15) is 21.9 Å². The molecule has 0 fully saturated rings. The standard InChI is InChI=1S/C17H11ClFN3OS2/c1-9-20-15-14(13-6-3-7-24-13)21-17(23)22(16(15)25-9)8-10-11(18)4-2-5-12(10)19/h2-7H,8H2,1H3. The maximum absolute atomic E-state index is 14.1. The second-order valence-corrected chi connectivity index (χ2v) is 7.93. The van der Waals surface area contributed by atoms with Gasteiger partial charge in [-0.2, -0.15) is 4.98 Å². The third-order valence-electron chi connectivity index (χ3n) is 3.76. The Bertz CT molecular complexity index is 1110. The highest BCUT2D eigenvalue weighted by molar-refractivity contribution is 7.18. The van der Waals surface area contributed by atoms with Gasteiger partial charge in [-0.25, -0.2) is 14.2 Å². The van der Waals surface area contributed by atoms with Crippen molar-refractivity contribution in [3.05, 3.63) is 67.6 Å². The molecule has 0 saturated carbocycles. The van der Waals surface area contributed by atoms with Gasteiger partial charge in [-0.1, -0.05) is 23.7 Å². The molecule has 0 aliphatic heterocycles. The van der Waals surface area contributed by atoms with Crippen molar-refractivity contribution in [2.45, 2.75) is 13.5 Å². The molecule has 0 aliphatic rings. The van der Waals surface area contributed by atoms with Crippen LogP contribution in [0.2, 0.25) is 5.02 Å². The van der Waals surface area contributed by atoms with E-state index >= 15 is 0 Å². The number of aryl methyl sites for hydroxylation is 1. The molecule has 4 nitrogen and oxygen atoms in total. The monoisotopic (exact) mass is 391 g/mol. The molecule has 0 unspecified atom stereocenters. The van der Waals surface area contributed by atoms with Crippen LogP contribution in [0.4, 0.5) is 4.39 Å². The van der Waals surface area contributed by atoms with E-state index in [1.165, 1.54) is 39.4 Å². The Morgan fingerprint density at radius 2 is 2.08 bits per heavy atom. The van der Waals surface area contributed by atoms with Crippen LogP contribution < -0.4 is 5.69 Å². The normalized spacial score (nSPS) is 11.3. The lowest BCUT2D eigenvalue weighted by molar-refractivity contribution is 0.598. The minimum Gasteiger partial charge on any atom is -0.277 e. The number of aromatic nitrogens is 3. The Morgan fingerprint density at radius 1 is 1.24 bits per heavy atom. The van der Waals surface area contributed by atoms with Gasteiger partial charge in [-0.3, -0.25) is 4.57 Å². The summed E-state index contributed by atoms with van der Waals surface area (Å²) in [6, 6.07) is 8.27. The average molecular weight is 392 g/mol. The van der Waals surface area contributed by atoms with Crippen molar-refractivity contribution in [2.75, 3.05) is 0 Å². The van der Waals surface area contributed by atoms with E-state index in [4.69, 9.17) is 11.6 Å². The highest BCUT2D eigenvalue weighted by Gasteiger charge is 2.18. The van der Waals surface area contributed by atoms with Crippen LogP contribution in [0.3, 0.4) is 0 Å². The van der Waals surface area contributed by atoms with E-state index in [9.17, 15) is 9.18 Å². The summed E-state index contributed by atoms with van der Waals surface area (Å²) in [5.41, 5.74) is 1.04. The molecule has 0 atom stereocenters. The maximum Gasteiger partial charge on any atom is 0.349 e. The largest absolute Gasteiger partial charge is 0.349 e. The van der Waals surface area contributed by atoms with Gasteiger partial charge in [-0.05, 0) is 30.5 Å². The van der Waals surface area contributed by atoms with E-state index in [0.717, 1.165) is 9.88 Å². The summed E-state index contributed by atoms with van der Waals surface area (Å²) in [5, 5.41) is 3.02. The zero-order valence-corrected chi connectivity index (χ0v) is 15.4. The van der Waals surface area contributed by atoms with Gasteiger partial charge < -0.3 is 0 Å². The molecule has 0 radical (unpaired) electrons. The third-order valence-corrected chi connectivity index (χ3v) is 5.98. The van der Waals surface area contributed by atoms with Gasteiger partial charge in [0.2, 0.25) is 0 Å². The predicted molar refractivity (Wildman–Crippen MR) is 100 cm³/mol. The smallest absolute Gasteiger partial charge is 0.277 e. The number of benzene rings is 1. The Balaban J connectivity index is 1.96. The van der Waals surface area contributed by atoms with Crippen molar-refractivity contribution < 1.29 is 4.39 Å². The molecule has 4 rings (SSSR count). The van der Waals surface area contributed by atoms with Crippen molar-refractivity contribution in [2.24, 2.45) is 0 Å². The number of thiophene rings is 1. The summed E-state index contributed by atoms with van der Waals surface area (Å²) in [7, 11) is 0. The SMILES string of the molecule is Cc1nc2c(-c3cccs3)nc(=O)n(Cc3c(F)cccc3Cl)c2s1. The van der Waals surface area contributed by atoms with Crippen LogP contribution in [0, 0.1) is 12.7 Å². The molecule has 0 bridgehead atoms. The highest BCUT2D eigenvalue weighted by Crippen LogP contribution is 2.32. The summed E-state index contributed by atoms with van der Waals surface area (Å²) in [5.74, 6) is -0.448. The lowest BCUT2D eigenvalue weighted by Crippen LogP contribution is -2.24. The minimum atomic E-state index is -0.448.